The van der Waals surface area contributed by atoms with E-state index in [4.69, 9.17) is 10.1 Å². The number of imidazole rings is 1. The molecule has 2 heterocycles. The first-order chi connectivity index (χ1) is 16.0. The molecule has 35 heavy (non-hydrogen) atoms. The summed E-state index contributed by atoms with van der Waals surface area (Å²) in [7, 11) is 0. The molecule has 0 spiro atoms. The number of pyridine rings is 1. The van der Waals surface area contributed by atoms with E-state index in [1.165, 1.54) is 11.6 Å². The van der Waals surface area contributed by atoms with E-state index in [0.29, 0.717) is 0 Å². The summed E-state index contributed by atoms with van der Waals surface area (Å²) in [6.45, 7) is 3.67. The Labute approximate surface area is 249 Å². The van der Waals surface area contributed by atoms with E-state index in [-0.39, 0.29) is 65.2 Å². The number of benzene rings is 2. The minimum atomic E-state index is -0.745. The zero-order chi connectivity index (χ0) is 23.6. The van der Waals surface area contributed by atoms with E-state index in [1.807, 2.05) is 36.4 Å². The Morgan fingerprint density at radius 2 is 1.66 bits per heavy atom. The molecule has 6 nitrogen and oxygen atoms in total. The number of aromatic nitrogens is 3. The molecule has 2 aromatic carbocycles. The Hall–Kier alpha value is -2.68. The number of nitrogens with one attached hydrogen (secondary N) is 1. The first kappa shape index (κ1) is 30.3. The van der Waals surface area contributed by atoms with Crippen molar-refractivity contribution < 1.29 is 66.1 Å². The van der Waals surface area contributed by atoms with E-state index in [0.717, 1.165) is 39.5 Å². The van der Waals surface area contributed by atoms with Crippen LogP contribution in [0.1, 0.15) is 24.5 Å². The number of H-pyrrole nitrogens is 1. The van der Waals surface area contributed by atoms with Gasteiger partial charge in [-0.25, -0.2) is 11.1 Å². The number of aromatic amines is 1. The average molecular weight is 493 g/mol. The fourth-order valence-electron chi connectivity index (χ4n) is 3.03. The molecule has 4 rings (SSSR count). The molecule has 2 aromatic heterocycles. The SMILES string of the molecule is CCC(=O)O.Cc1ccc(-c2[nH]c(-c3cccnc3)nc2-c2ccc(/C=C/[C-]=O)cc2)cc1.[CH3-].[K+]. The van der Waals surface area contributed by atoms with Gasteiger partial charge in [-0.1, -0.05) is 61.0 Å². The van der Waals surface area contributed by atoms with Gasteiger partial charge in [0.1, 0.15) is 5.82 Å². The van der Waals surface area contributed by atoms with E-state index in [1.54, 1.807) is 31.7 Å². The minimum Gasteiger partial charge on any atom is -0.481 e. The van der Waals surface area contributed by atoms with Crippen LogP contribution < -0.4 is 51.4 Å². The van der Waals surface area contributed by atoms with Crippen LogP contribution in [0.25, 0.3) is 40.0 Å². The molecule has 2 N–H and O–H groups in total. The van der Waals surface area contributed by atoms with E-state index >= 15 is 0 Å². The number of rotatable bonds is 6. The zero-order valence-electron chi connectivity index (χ0n) is 20.4. The number of carboxylic acid groups (broad SMARTS) is 1. The smallest absolute Gasteiger partial charge is 0.481 e. The van der Waals surface area contributed by atoms with Crippen LogP contribution in [-0.4, -0.2) is 32.3 Å². The Bertz CT molecular complexity index is 1230. The zero-order valence-corrected chi connectivity index (χ0v) is 23.6. The van der Waals surface area contributed by atoms with Crippen LogP contribution in [0.2, 0.25) is 0 Å². The molecule has 0 unspecified atom stereocenters. The van der Waals surface area contributed by atoms with Crippen LogP contribution in [0.3, 0.4) is 0 Å². The maximum atomic E-state index is 10.4. The standard InChI is InChI=1S/C24H18N3O.C3H6O2.CH3.K/c1-17-6-10-19(11-7-17)22-23(20-12-8-18(9-13-20)4-3-15-28)27-24(26-22)21-5-2-14-25-16-21;1-2-3(4)5;;/h2-14,16H,1H3,(H,26,27);2H2,1H3,(H,4,5);1H3;/q-1;;-1;+1/b4-3+;;;. The monoisotopic (exact) mass is 492 g/mol. The van der Waals surface area contributed by atoms with Crippen LogP contribution in [-0.2, 0) is 9.59 Å². The molecule has 4 aromatic rings. The van der Waals surface area contributed by atoms with Crippen molar-refractivity contribution in [1.82, 2.24) is 15.0 Å². The Morgan fingerprint density at radius 1 is 1.03 bits per heavy atom. The van der Waals surface area contributed by atoms with Crippen molar-refractivity contribution in [3.63, 3.8) is 0 Å². The number of hydrogen-bond donors (Lipinski definition) is 2. The molecule has 0 saturated heterocycles. The van der Waals surface area contributed by atoms with Gasteiger partial charge in [0.05, 0.1) is 11.4 Å². The van der Waals surface area contributed by atoms with Crippen molar-refractivity contribution in [3.8, 4) is 33.9 Å². The number of carbonyl (C=O) groups excluding carboxylic acids is 1. The maximum absolute atomic E-state index is 10.4. The van der Waals surface area contributed by atoms with Gasteiger partial charge < -0.3 is 22.3 Å². The van der Waals surface area contributed by atoms with E-state index in [2.05, 4.69) is 41.2 Å². The van der Waals surface area contributed by atoms with Crippen molar-refractivity contribution in [2.75, 3.05) is 0 Å². The predicted molar refractivity (Wildman–Crippen MR) is 136 cm³/mol. The van der Waals surface area contributed by atoms with Crippen LogP contribution in [0.15, 0.2) is 79.1 Å². The Kier molecular flexibility index (Phi) is 13.3. The van der Waals surface area contributed by atoms with E-state index in [9.17, 15) is 9.59 Å². The fourth-order valence-corrected chi connectivity index (χ4v) is 3.03. The average Bonchev–Trinajstić information content (AvgIpc) is 3.30. The molecule has 7 heteroatoms. The van der Waals surface area contributed by atoms with Crippen LogP contribution in [0, 0.1) is 14.4 Å². The maximum Gasteiger partial charge on any atom is 1.00 e. The molecule has 0 bridgehead atoms. The Morgan fingerprint density at radius 3 is 2.20 bits per heavy atom. The molecule has 0 saturated carbocycles. The van der Waals surface area contributed by atoms with Crippen LogP contribution in [0.5, 0.6) is 0 Å². The van der Waals surface area contributed by atoms with Crippen molar-refractivity contribution in [2.24, 2.45) is 0 Å². The number of nitrogens with zero attached hydrogens (tertiary/aromatic N) is 2. The number of aryl methyl sites for hydroxylation is 1. The third kappa shape index (κ3) is 8.80. The van der Waals surface area contributed by atoms with Crippen molar-refractivity contribution in [1.29, 1.82) is 0 Å². The molecule has 0 radical (unpaired) electrons. The summed E-state index contributed by atoms with van der Waals surface area (Å²) < 4.78 is 0. The largest absolute Gasteiger partial charge is 1.00 e. The van der Waals surface area contributed by atoms with E-state index < -0.39 is 5.97 Å². The molecular formula is C28H27KN3O3-. The summed E-state index contributed by atoms with van der Waals surface area (Å²) in [5.41, 5.74) is 6.98. The van der Waals surface area contributed by atoms with Gasteiger partial charge in [-0.15, -0.1) is 5.56 Å². The van der Waals surface area contributed by atoms with Gasteiger partial charge in [-0.2, -0.15) is 6.08 Å². The molecule has 0 aliphatic rings. The predicted octanol–water partition coefficient (Wildman–Crippen LogP) is 3.17. The second-order valence-corrected chi connectivity index (χ2v) is 7.24. The van der Waals surface area contributed by atoms with Gasteiger partial charge in [0, 0.05) is 35.5 Å². The number of carboxylic acids is 1. The number of hydrogen-bond acceptors (Lipinski definition) is 4. The quantitative estimate of drug-likeness (QED) is 0.245. The third-order valence-corrected chi connectivity index (χ3v) is 4.81. The van der Waals surface area contributed by atoms with Crippen molar-refractivity contribution in [2.45, 2.75) is 20.3 Å². The molecule has 174 valence electrons. The van der Waals surface area contributed by atoms with Crippen molar-refractivity contribution >= 4 is 18.3 Å². The van der Waals surface area contributed by atoms with Gasteiger partial charge in [0.15, 0.2) is 0 Å². The molecule has 0 aliphatic carbocycles. The summed E-state index contributed by atoms with van der Waals surface area (Å²) in [6, 6.07) is 20.2. The number of allylic oxidation sites excluding steroid dienone is 1. The van der Waals surface area contributed by atoms with Gasteiger partial charge in [0.25, 0.3) is 0 Å². The molecule has 0 atom stereocenters. The number of carbonyl (C=O) groups is 1. The third-order valence-electron chi connectivity index (χ3n) is 4.81. The summed E-state index contributed by atoms with van der Waals surface area (Å²) in [5.74, 6) is 0.0307. The number of aliphatic carboxylic acids is 1. The van der Waals surface area contributed by atoms with Gasteiger partial charge in [-0.3, -0.25) is 9.78 Å². The minimum absolute atomic E-state index is 0. The van der Waals surface area contributed by atoms with Gasteiger partial charge in [0.2, 0.25) is 0 Å². The van der Waals surface area contributed by atoms with Crippen LogP contribution >= 0.6 is 0 Å². The summed E-state index contributed by atoms with van der Waals surface area (Å²) in [4.78, 5) is 32.3. The summed E-state index contributed by atoms with van der Waals surface area (Å²) >= 11 is 0. The molecule has 0 aliphatic heterocycles. The normalized spacial score (nSPS) is 9.89. The Balaban J connectivity index is 0.000000798. The molecular weight excluding hydrogens is 465 g/mol. The van der Waals surface area contributed by atoms with Crippen LogP contribution in [0.4, 0.5) is 0 Å². The fraction of sp³-hybridized carbons (Fsp3) is 0.107. The first-order valence-electron chi connectivity index (χ1n) is 10.5. The van der Waals surface area contributed by atoms with Gasteiger partial charge in [-0.05, 0) is 25.3 Å². The topological polar surface area (TPSA) is 95.9 Å². The summed E-state index contributed by atoms with van der Waals surface area (Å²) in [6.07, 6.45) is 8.62. The van der Waals surface area contributed by atoms with Crippen molar-refractivity contribution in [3.05, 3.63) is 97.7 Å². The second kappa shape index (κ2) is 15.3. The second-order valence-electron chi connectivity index (χ2n) is 7.24. The molecule has 0 fully saturated rings. The summed E-state index contributed by atoms with van der Waals surface area (Å²) in [5, 5.41) is 7.72. The first-order valence-corrected chi connectivity index (χ1v) is 10.5. The van der Waals surface area contributed by atoms with Gasteiger partial charge >= 0.3 is 57.4 Å². The molecule has 0 amide bonds.